The zero-order valence-electron chi connectivity index (χ0n) is 28.9. The summed E-state index contributed by atoms with van der Waals surface area (Å²) in [5, 5.41) is 14.0. The van der Waals surface area contributed by atoms with Gasteiger partial charge in [0, 0.05) is 30.9 Å². The molecule has 4 aromatic rings. The highest BCUT2D eigenvalue weighted by Gasteiger charge is 2.36. The largest absolute Gasteiger partial charge is 0.383 e. The maximum absolute atomic E-state index is 13.0. The van der Waals surface area contributed by atoms with Gasteiger partial charge in [-0.25, -0.2) is 4.98 Å². The van der Waals surface area contributed by atoms with E-state index < -0.39 is 6.10 Å². The minimum absolute atomic E-state index is 0.0132. The van der Waals surface area contributed by atoms with Gasteiger partial charge in [-0.2, -0.15) is 0 Å². The number of nitrogens with zero attached hydrogens (tertiary/aromatic N) is 3. The Morgan fingerprint density at radius 3 is 2.23 bits per heavy atom. The van der Waals surface area contributed by atoms with E-state index in [1.54, 1.807) is 4.90 Å². The van der Waals surface area contributed by atoms with Crippen molar-refractivity contribution in [3.05, 3.63) is 84.3 Å². The summed E-state index contributed by atoms with van der Waals surface area (Å²) in [5.74, 6) is 0.970. The smallest absolute Gasteiger partial charge is 0.252 e. The summed E-state index contributed by atoms with van der Waals surface area (Å²) in [7, 11) is 0. The predicted octanol–water partition coefficient (Wildman–Crippen LogP) is 7.85. The molecule has 3 atom stereocenters. The lowest BCUT2D eigenvalue weighted by molar-refractivity contribution is -0.143. The first-order valence-corrected chi connectivity index (χ1v) is 17.4. The maximum Gasteiger partial charge on any atom is 0.252 e. The van der Waals surface area contributed by atoms with Crippen molar-refractivity contribution in [1.29, 1.82) is 0 Å². The topological polar surface area (TPSA) is 102 Å². The van der Waals surface area contributed by atoms with Gasteiger partial charge in [0.25, 0.3) is 5.91 Å². The Morgan fingerprint density at radius 2 is 1.54 bits per heavy atom. The monoisotopic (exact) mass is 647 g/mol. The Morgan fingerprint density at radius 1 is 0.917 bits per heavy atom. The predicted molar refractivity (Wildman–Crippen MR) is 193 cm³/mol. The number of imidazole rings is 1. The number of H-pyrrole nitrogens is 1. The standard InChI is InChI=1S/C40H49N5O3/c1-24(2)21-37(46)44-19-7-9-35(44)27(6)41-33-22-30(12-11-26(33)5)28-13-15-29(16-14-28)31-17-18-32-34(23-31)43-39(42-32)36-10-8-20-45(36)40(48)38(47)25(3)4/h11-18,22-25,35-36,38,41,47H,6-10,19-21H2,1-5H3,(H,42,43)/t35?,36-,38?/m0/s1. The van der Waals surface area contributed by atoms with Crippen LogP contribution in [0.3, 0.4) is 0 Å². The molecule has 6 rings (SSSR count). The lowest BCUT2D eigenvalue weighted by Crippen LogP contribution is -2.41. The molecule has 8 heteroatoms. The van der Waals surface area contributed by atoms with E-state index in [1.165, 1.54) is 0 Å². The normalized spacial score (nSPS) is 18.7. The number of aliphatic hydroxyl groups excluding tert-OH is 1. The SMILES string of the molecule is C=C(Nc1cc(-c2ccc(-c3ccc4nc([C@@H]5CCCN5C(=O)C(O)C(C)C)[nH]c4c3)cc2)ccc1C)C1CCCN1C(=O)CC(C)C. The number of amides is 2. The number of aryl methyl sites for hydroxylation is 1. The van der Waals surface area contributed by atoms with Crippen LogP contribution in [0.15, 0.2) is 72.9 Å². The summed E-state index contributed by atoms with van der Waals surface area (Å²) in [5.41, 5.74) is 9.19. The molecule has 2 aliphatic heterocycles. The number of carbonyl (C=O) groups is 2. The first-order valence-electron chi connectivity index (χ1n) is 17.4. The van der Waals surface area contributed by atoms with Gasteiger partial charge >= 0.3 is 0 Å². The number of nitrogens with one attached hydrogen (secondary N) is 2. The number of fused-ring (bicyclic) bond motifs is 1. The first kappa shape index (κ1) is 33.5. The molecule has 2 saturated heterocycles. The van der Waals surface area contributed by atoms with Crippen molar-refractivity contribution in [2.45, 2.75) is 84.9 Å². The molecule has 8 nitrogen and oxygen atoms in total. The first-order chi connectivity index (χ1) is 23.0. The zero-order chi connectivity index (χ0) is 34.1. The van der Waals surface area contributed by atoms with E-state index in [0.717, 1.165) is 88.3 Å². The van der Waals surface area contributed by atoms with Crippen molar-refractivity contribution >= 4 is 28.5 Å². The van der Waals surface area contributed by atoms with Gasteiger partial charge in [-0.1, -0.05) is 76.7 Å². The number of likely N-dealkylation sites (tertiary alicyclic amines) is 2. The third-order valence-corrected chi connectivity index (χ3v) is 9.88. The molecule has 3 heterocycles. The summed E-state index contributed by atoms with van der Waals surface area (Å²) >= 11 is 0. The van der Waals surface area contributed by atoms with E-state index >= 15 is 0 Å². The van der Waals surface area contributed by atoms with E-state index in [1.807, 2.05) is 24.8 Å². The van der Waals surface area contributed by atoms with Crippen LogP contribution in [0.5, 0.6) is 0 Å². The van der Waals surface area contributed by atoms with Gasteiger partial charge in [-0.15, -0.1) is 0 Å². The second-order valence-corrected chi connectivity index (χ2v) is 14.3. The average Bonchev–Trinajstić information content (AvgIpc) is 3.84. The van der Waals surface area contributed by atoms with E-state index in [9.17, 15) is 14.7 Å². The molecule has 0 spiro atoms. The number of aliphatic hydroxyl groups is 1. The van der Waals surface area contributed by atoms with Crippen molar-refractivity contribution in [3.8, 4) is 22.3 Å². The Bertz CT molecular complexity index is 1810. The summed E-state index contributed by atoms with van der Waals surface area (Å²) in [6.45, 7) is 15.8. The molecule has 3 N–H and O–H groups in total. The molecule has 252 valence electrons. The van der Waals surface area contributed by atoms with Crippen LogP contribution in [0.25, 0.3) is 33.3 Å². The number of aromatic nitrogens is 2. The molecule has 1 aromatic heterocycles. The molecule has 2 fully saturated rings. The third-order valence-electron chi connectivity index (χ3n) is 9.88. The lowest BCUT2D eigenvalue weighted by Gasteiger charge is -2.28. The van der Waals surface area contributed by atoms with E-state index in [2.05, 4.69) is 92.2 Å². The number of rotatable bonds is 10. The lowest BCUT2D eigenvalue weighted by atomic mass is 9.98. The number of benzene rings is 3. The van der Waals surface area contributed by atoms with Gasteiger partial charge in [0.05, 0.1) is 23.1 Å². The molecular weight excluding hydrogens is 598 g/mol. The quantitative estimate of drug-likeness (QED) is 0.163. The molecule has 2 unspecified atom stereocenters. The van der Waals surface area contributed by atoms with Crippen LogP contribution < -0.4 is 5.32 Å². The van der Waals surface area contributed by atoms with Crippen LogP contribution in [0, 0.1) is 18.8 Å². The van der Waals surface area contributed by atoms with Crippen LogP contribution in [0.2, 0.25) is 0 Å². The van der Waals surface area contributed by atoms with Crippen LogP contribution in [-0.4, -0.2) is 61.9 Å². The summed E-state index contributed by atoms with van der Waals surface area (Å²) in [4.78, 5) is 38.0. The molecule has 2 aliphatic rings. The van der Waals surface area contributed by atoms with Crippen LogP contribution in [0.4, 0.5) is 5.69 Å². The van der Waals surface area contributed by atoms with E-state index in [4.69, 9.17) is 4.98 Å². The van der Waals surface area contributed by atoms with Crippen LogP contribution in [0.1, 0.15) is 77.2 Å². The van der Waals surface area contributed by atoms with Crippen molar-refractivity contribution in [2.75, 3.05) is 18.4 Å². The maximum atomic E-state index is 13.0. The van der Waals surface area contributed by atoms with Gasteiger partial charge in [0.1, 0.15) is 11.9 Å². The van der Waals surface area contributed by atoms with Gasteiger partial charge in [-0.05, 0) is 90.5 Å². The van der Waals surface area contributed by atoms with E-state index in [-0.39, 0.29) is 29.8 Å². The fourth-order valence-electron chi connectivity index (χ4n) is 7.08. The Labute approximate surface area is 284 Å². The molecule has 0 aliphatic carbocycles. The Balaban J connectivity index is 1.17. The number of hydrogen-bond acceptors (Lipinski definition) is 5. The number of aromatic amines is 1. The highest BCUT2D eigenvalue weighted by Crippen LogP contribution is 2.35. The minimum Gasteiger partial charge on any atom is -0.383 e. The molecule has 48 heavy (non-hydrogen) atoms. The minimum atomic E-state index is -0.999. The molecule has 2 amide bonds. The highest BCUT2D eigenvalue weighted by molar-refractivity contribution is 5.84. The number of hydrogen-bond donors (Lipinski definition) is 3. The van der Waals surface area contributed by atoms with Crippen molar-refractivity contribution in [2.24, 2.45) is 11.8 Å². The van der Waals surface area contributed by atoms with Crippen molar-refractivity contribution in [1.82, 2.24) is 19.8 Å². The third kappa shape index (κ3) is 6.90. The van der Waals surface area contributed by atoms with Crippen LogP contribution >= 0.6 is 0 Å². The fourth-order valence-corrected chi connectivity index (χ4v) is 7.08. The summed E-state index contributed by atoms with van der Waals surface area (Å²) in [6, 6.07) is 21.1. The van der Waals surface area contributed by atoms with Crippen molar-refractivity contribution in [3.63, 3.8) is 0 Å². The molecule has 0 radical (unpaired) electrons. The number of carbonyl (C=O) groups excluding carboxylic acids is 2. The van der Waals surface area contributed by atoms with E-state index in [0.29, 0.717) is 18.9 Å². The Hall–Kier alpha value is -4.43. The molecule has 3 aromatic carbocycles. The van der Waals surface area contributed by atoms with Gasteiger partial charge in [0.15, 0.2) is 0 Å². The Kier molecular flexibility index (Phi) is 9.74. The zero-order valence-corrected chi connectivity index (χ0v) is 28.9. The molecular formula is C40H49N5O3. The molecule has 0 bridgehead atoms. The number of anilines is 1. The summed E-state index contributed by atoms with van der Waals surface area (Å²) < 4.78 is 0. The highest BCUT2D eigenvalue weighted by atomic mass is 16.3. The average molecular weight is 648 g/mol. The second-order valence-electron chi connectivity index (χ2n) is 14.3. The fraction of sp³-hybridized carbons (Fsp3) is 0.425. The van der Waals surface area contributed by atoms with Gasteiger partial charge in [-0.3, -0.25) is 9.59 Å². The van der Waals surface area contributed by atoms with Crippen molar-refractivity contribution < 1.29 is 14.7 Å². The van der Waals surface area contributed by atoms with Gasteiger partial charge < -0.3 is 25.2 Å². The van der Waals surface area contributed by atoms with Crippen LogP contribution in [-0.2, 0) is 9.59 Å². The second kappa shape index (κ2) is 14.0. The summed E-state index contributed by atoms with van der Waals surface area (Å²) in [6.07, 6.45) is 3.22. The van der Waals surface area contributed by atoms with Gasteiger partial charge in [0.2, 0.25) is 5.91 Å². The molecule has 0 saturated carbocycles.